The first kappa shape index (κ1) is 12.2. The molecule has 0 spiro atoms. The van der Waals surface area contributed by atoms with Gasteiger partial charge in [0.15, 0.2) is 0 Å². The standard InChI is InChI=1S/C10H13NO3/c1-5-6-7(2)14-9(4)11-8(3)10(12)13/h5-6H,1,4H2,2-3H3,(H,12,13)/b7-6+,11-8?. The predicted molar refractivity (Wildman–Crippen MR) is 54.9 cm³/mol. The van der Waals surface area contributed by atoms with Gasteiger partial charge in [0, 0.05) is 0 Å². The zero-order valence-corrected chi connectivity index (χ0v) is 8.28. The molecule has 0 aliphatic carbocycles. The predicted octanol–water partition coefficient (Wildman–Crippen LogP) is 2.11. The summed E-state index contributed by atoms with van der Waals surface area (Å²) >= 11 is 0. The van der Waals surface area contributed by atoms with Crippen LogP contribution in [0.3, 0.4) is 0 Å². The molecule has 4 nitrogen and oxygen atoms in total. The van der Waals surface area contributed by atoms with Crippen LogP contribution in [0.4, 0.5) is 0 Å². The lowest BCUT2D eigenvalue weighted by molar-refractivity contribution is -0.129. The third-order valence-electron chi connectivity index (χ3n) is 1.23. The minimum atomic E-state index is -1.10. The van der Waals surface area contributed by atoms with Crippen LogP contribution in [0.5, 0.6) is 0 Å². The molecule has 0 heterocycles. The maximum Gasteiger partial charge on any atom is 0.350 e. The molecule has 0 rings (SSSR count). The molecule has 0 aromatic carbocycles. The van der Waals surface area contributed by atoms with Crippen LogP contribution in [0.25, 0.3) is 0 Å². The summed E-state index contributed by atoms with van der Waals surface area (Å²) in [6, 6.07) is 0. The van der Waals surface area contributed by atoms with Crippen LogP contribution >= 0.6 is 0 Å². The SMILES string of the molecule is C=C/C=C(\C)OC(=C)N=C(C)C(=O)O. The van der Waals surface area contributed by atoms with Crippen molar-refractivity contribution in [2.75, 3.05) is 0 Å². The van der Waals surface area contributed by atoms with E-state index in [1.54, 1.807) is 19.1 Å². The Balaban J connectivity index is 4.38. The second kappa shape index (κ2) is 5.75. The van der Waals surface area contributed by atoms with E-state index in [4.69, 9.17) is 9.84 Å². The average molecular weight is 195 g/mol. The van der Waals surface area contributed by atoms with Crippen LogP contribution < -0.4 is 0 Å². The van der Waals surface area contributed by atoms with Crippen molar-refractivity contribution in [2.45, 2.75) is 13.8 Å². The molecule has 0 aliphatic rings. The van der Waals surface area contributed by atoms with Crippen molar-refractivity contribution >= 4 is 11.7 Å². The Kier molecular flexibility index (Phi) is 4.99. The molecule has 0 unspecified atom stereocenters. The third-order valence-corrected chi connectivity index (χ3v) is 1.23. The lowest BCUT2D eigenvalue weighted by Crippen LogP contribution is -2.08. The number of carboxylic acids is 1. The molecule has 76 valence electrons. The smallest absolute Gasteiger partial charge is 0.350 e. The van der Waals surface area contributed by atoms with E-state index in [1.807, 2.05) is 0 Å². The van der Waals surface area contributed by atoms with Crippen molar-refractivity contribution in [2.24, 2.45) is 4.99 Å². The Bertz CT molecular complexity index is 313. The zero-order chi connectivity index (χ0) is 11.1. The highest BCUT2D eigenvalue weighted by molar-refractivity contribution is 6.34. The van der Waals surface area contributed by atoms with Crippen molar-refractivity contribution in [1.82, 2.24) is 0 Å². The molecule has 0 saturated carbocycles. The zero-order valence-electron chi connectivity index (χ0n) is 8.28. The number of hydrogen-bond acceptors (Lipinski definition) is 3. The highest BCUT2D eigenvalue weighted by Gasteiger charge is 2.02. The summed E-state index contributed by atoms with van der Waals surface area (Å²) in [4.78, 5) is 14.0. The average Bonchev–Trinajstić information content (AvgIpc) is 2.03. The number of aliphatic imine (C=N–C) groups is 1. The van der Waals surface area contributed by atoms with Gasteiger partial charge >= 0.3 is 5.97 Å². The highest BCUT2D eigenvalue weighted by Crippen LogP contribution is 2.05. The fraction of sp³-hybridized carbons (Fsp3) is 0.200. The molecule has 0 aliphatic heterocycles. The normalized spacial score (nSPS) is 12.1. The van der Waals surface area contributed by atoms with Gasteiger partial charge in [0.1, 0.15) is 11.5 Å². The van der Waals surface area contributed by atoms with Crippen LogP contribution in [-0.4, -0.2) is 16.8 Å². The summed E-state index contributed by atoms with van der Waals surface area (Å²) in [5.41, 5.74) is -0.0681. The van der Waals surface area contributed by atoms with E-state index in [1.165, 1.54) is 6.92 Å². The van der Waals surface area contributed by atoms with Crippen molar-refractivity contribution in [1.29, 1.82) is 0 Å². The first-order chi connectivity index (χ1) is 6.47. The number of aliphatic carboxylic acids is 1. The number of allylic oxidation sites excluding steroid dienone is 3. The number of nitrogens with zero attached hydrogens (tertiary/aromatic N) is 1. The highest BCUT2D eigenvalue weighted by atomic mass is 16.5. The lowest BCUT2D eigenvalue weighted by atomic mass is 10.4. The first-order valence-electron chi connectivity index (χ1n) is 3.92. The van der Waals surface area contributed by atoms with Gasteiger partial charge in [0.05, 0.1) is 0 Å². The van der Waals surface area contributed by atoms with Gasteiger partial charge in [-0.3, -0.25) is 0 Å². The molecule has 0 aromatic rings. The molecule has 0 radical (unpaired) electrons. The minimum Gasteiger partial charge on any atom is -0.477 e. The Morgan fingerprint density at radius 1 is 1.50 bits per heavy atom. The topological polar surface area (TPSA) is 58.9 Å². The van der Waals surface area contributed by atoms with Gasteiger partial charge in [-0.25, -0.2) is 9.79 Å². The molecule has 1 N–H and O–H groups in total. The summed E-state index contributed by atoms with van der Waals surface area (Å²) in [6.07, 6.45) is 3.17. The van der Waals surface area contributed by atoms with Crippen molar-refractivity contribution in [3.8, 4) is 0 Å². The minimum absolute atomic E-state index is 0.0421. The fourth-order valence-electron chi connectivity index (χ4n) is 0.644. The lowest BCUT2D eigenvalue weighted by Gasteiger charge is -2.03. The number of carboxylic acid groups (broad SMARTS) is 1. The third kappa shape index (κ3) is 4.92. The Labute approximate surface area is 82.9 Å². The maximum absolute atomic E-state index is 10.4. The molecular formula is C10H13NO3. The Morgan fingerprint density at radius 3 is 2.50 bits per heavy atom. The first-order valence-corrected chi connectivity index (χ1v) is 3.92. The molecule has 0 aromatic heterocycles. The summed E-state index contributed by atoms with van der Waals surface area (Å²) in [5, 5.41) is 8.51. The van der Waals surface area contributed by atoms with Gasteiger partial charge in [-0.15, -0.1) is 0 Å². The van der Waals surface area contributed by atoms with Crippen LogP contribution in [0, 0.1) is 0 Å². The van der Waals surface area contributed by atoms with Gasteiger partial charge in [-0.2, -0.15) is 0 Å². The molecule has 0 saturated heterocycles. The van der Waals surface area contributed by atoms with Gasteiger partial charge in [-0.05, 0) is 26.5 Å². The second-order valence-electron chi connectivity index (χ2n) is 2.51. The maximum atomic E-state index is 10.4. The molecule has 0 atom stereocenters. The molecule has 14 heavy (non-hydrogen) atoms. The number of carbonyl (C=O) groups is 1. The summed E-state index contributed by atoms with van der Waals surface area (Å²) in [7, 11) is 0. The van der Waals surface area contributed by atoms with Crippen LogP contribution in [0.2, 0.25) is 0 Å². The molecule has 0 bridgehead atoms. The molecule has 0 fully saturated rings. The quantitative estimate of drug-likeness (QED) is 0.415. The summed E-state index contributed by atoms with van der Waals surface area (Å²) in [6.45, 7) is 9.99. The Morgan fingerprint density at radius 2 is 2.07 bits per heavy atom. The van der Waals surface area contributed by atoms with E-state index in [9.17, 15) is 4.79 Å². The number of hydrogen-bond donors (Lipinski definition) is 1. The molecular weight excluding hydrogens is 182 g/mol. The van der Waals surface area contributed by atoms with Gasteiger partial charge in [0.25, 0.3) is 0 Å². The van der Waals surface area contributed by atoms with E-state index in [2.05, 4.69) is 18.2 Å². The monoisotopic (exact) mass is 195 g/mol. The van der Waals surface area contributed by atoms with Crippen LogP contribution in [-0.2, 0) is 9.53 Å². The van der Waals surface area contributed by atoms with Crippen LogP contribution in [0.1, 0.15) is 13.8 Å². The fourth-order valence-corrected chi connectivity index (χ4v) is 0.644. The van der Waals surface area contributed by atoms with E-state index < -0.39 is 5.97 Å². The summed E-state index contributed by atoms with van der Waals surface area (Å²) < 4.78 is 5.06. The van der Waals surface area contributed by atoms with Gasteiger partial charge in [-0.1, -0.05) is 12.7 Å². The largest absolute Gasteiger partial charge is 0.477 e. The van der Waals surface area contributed by atoms with Crippen molar-refractivity contribution in [3.63, 3.8) is 0 Å². The van der Waals surface area contributed by atoms with E-state index in [0.717, 1.165) is 0 Å². The molecule has 0 amide bonds. The number of rotatable bonds is 5. The van der Waals surface area contributed by atoms with E-state index in [0.29, 0.717) is 5.76 Å². The van der Waals surface area contributed by atoms with Crippen molar-refractivity contribution in [3.05, 3.63) is 37.0 Å². The summed E-state index contributed by atoms with van der Waals surface area (Å²) in [5.74, 6) is -0.507. The van der Waals surface area contributed by atoms with Gasteiger partial charge in [0.2, 0.25) is 5.88 Å². The van der Waals surface area contributed by atoms with Gasteiger partial charge < -0.3 is 9.84 Å². The van der Waals surface area contributed by atoms with Crippen molar-refractivity contribution < 1.29 is 14.6 Å². The van der Waals surface area contributed by atoms with E-state index >= 15 is 0 Å². The Hall–Kier alpha value is -1.84. The van der Waals surface area contributed by atoms with E-state index in [-0.39, 0.29) is 11.6 Å². The number of ether oxygens (including phenoxy) is 1. The van der Waals surface area contributed by atoms with Crippen LogP contribution in [0.15, 0.2) is 41.9 Å². The molecule has 4 heteroatoms. The second-order valence-corrected chi connectivity index (χ2v) is 2.51.